The van der Waals surface area contributed by atoms with Crippen LogP contribution >= 0.6 is 11.3 Å². The maximum Gasteiger partial charge on any atom is 0.271 e. The van der Waals surface area contributed by atoms with Gasteiger partial charge in [0.15, 0.2) is 5.76 Å². The number of nitrogens with one attached hydrogen (secondary N) is 2. The van der Waals surface area contributed by atoms with Crippen molar-refractivity contribution in [3.8, 4) is 0 Å². The number of rotatable bonds is 6. The number of sulfonamides is 1. The van der Waals surface area contributed by atoms with Gasteiger partial charge in [-0.25, -0.2) is 17.2 Å². The van der Waals surface area contributed by atoms with Crippen molar-refractivity contribution in [3.05, 3.63) is 58.3 Å². The fourth-order valence-corrected chi connectivity index (χ4v) is 4.62. The number of aromatic nitrogens is 1. The van der Waals surface area contributed by atoms with Crippen LogP contribution in [0.1, 0.15) is 23.3 Å². The topological polar surface area (TPSA) is 101 Å². The number of benzene rings is 1. The minimum Gasteiger partial charge on any atom is -0.354 e. The Morgan fingerprint density at radius 1 is 1.21 bits per heavy atom. The van der Waals surface area contributed by atoms with Crippen LogP contribution in [0.15, 0.2) is 39.1 Å². The normalized spacial score (nSPS) is 11.7. The van der Waals surface area contributed by atoms with Gasteiger partial charge in [0.2, 0.25) is 5.91 Å². The standard InChI is InChI=1S/C18H15F2N3O4S2/c1-10-18(21-11(2)24)16(27-22-10)7-4-13-5-8-17(28-13)29(25,26)23-15-6-3-12(19)9-14(15)20/h3-9,23H,1-2H3,(H,21,24). The van der Waals surface area contributed by atoms with Crippen molar-refractivity contribution in [1.29, 1.82) is 0 Å². The van der Waals surface area contributed by atoms with Crippen molar-refractivity contribution >= 4 is 50.8 Å². The Kier molecular flexibility index (Phi) is 5.80. The molecular formula is C18H15F2N3O4S2. The van der Waals surface area contributed by atoms with Gasteiger partial charge in [0, 0.05) is 17.9 Å². The Balaban J connectivity index is 1.80. The number of thiophene rings is 1. The van der Waals surface area contributed by atoms with Crippen LogP contribution in [0.4, 0.5) is 20.2 Å². The number of halogens is 2. The van der Waals surface area contributed by atoms with E-state index in [1.165, 1.54) is 13.0 Å². The van der Waals surface area contributed by atoms with Gasteiger partial charge in [0.05, 0.1) is 5.69 Å². The molecule has 0 bridgehead atoms. The van der Waals surface area contributed by atoms with Crippen molar-refractivity contribution in [3.63, 3.8) is 0 Å². The zero-order valence-electron chi connectivity index (χ0n) is 15.2. The lowest BCUT2D eigenvalue weighted by molar-refractivity contribution is -0.114. The molecule has 7 nitrogen and oxygen atoms in total. The highest BCUT2D eigenvalue weighted by molar-refractivity contribution is 7.94. The highest BCUT2D eigenvalue weighted by Crippen LogP contribution is 2.28. The van der Waals surface area contributed by atoms with Crippen LogP contribution in [-0.2, 0) is 14.8 Å². The molecule has 0 aliphatic heterocycles. The molecule has 29 heavy (non-hydrogen) atoms. The highest BCUT2D eigenvalue weighted by Gasteiger charge is 2.19. The van der Waals surface area contributed by atoms with E-state index >= 15 is 0 Å². The molecule has 0 unspecified atom stereocenters. The summed E-state index contributed by atoms with van der Waals surface area (Å²) in [6, 6.07) is 5.46. The summed E-state index contributed by atoms with van der Waals surface area (Å²) in [5.41, 5.74) is 0.570. The van der Waals surface area contributed by atoms with Gasteiger partial charge >= 0.3 is 0 Å². The summed E-state index contributed by atoms with van der Waals surface area (Å²) in [5, 5.41) is 6.39. The molecule has 2 aromatic heterocycles. The summed E-state index contributed by atoms with van der Waals surface area (Å²) in [6.07, 6.45) is 3.13. The van der Waals surface area contributed by atoms with Gasteiger partial charge in [-0.1, -0.05) is 5.16 Å². The quantitative estimate of drug-likeness (QED) is 0.598. The van der Waals surface area contributed by atoms with Crippen molar-refractivity contribution in [2.75, 3.05) is 10.0 Å². The summed E-state index contributed by atoms with van der Waals surface area (Å²) >= 11 is 0.931. The van der Waals surface area contributed by atoms with Gasteiger partial charge in [-0.15, -0.1) is 11.3 Å². The number of hydrogen-bond acceptors (Lipinski definition) is 6. The van der Waals surface area contributed by atoms with Gasteiger partial charge < -0.3 is 9.84 Å². The van der Waals surface area contributed by atoms with Gasteiger partial charge in [-0.2, -0.15) is 0 Å². The molecule has 2 N–H and O–H groups in total. The monoisotopic (exact) mass is 439 g/mol. The minimum atomic E-state index is -4.05. The minimum absolute atomic E-state index is 0.0586. The van der Waals surface area contributed by atoms with Crippen molar-refractivity contribution in [2.24, 2.45) is 0 Å². The molecule has 2 heterocycles. The Hall–Kier alpha value is -3.05. The number of aryl methyl sites for hydroxylation is 1. The zero-order valence-corrected chi connectivity index (χ0v) is 16.8. The largest absolute Gasteiger partial charge is 0.354 e. The molecule has 0 aliphatic carbocycles. The predicted octanol–water partition coefficient (Wildman–Crippen LogP) is 4.25. The zero-order chi connectivity index (χ0) is 21.2. The van der Waals surface area contributed by atoms with Crippen molar-refractivity contribution in [2.45, 2.75) is 18.1 Å². The molecule has 152 valence electrons. The number of carbonyl (C=O) groups excluding carboxylic acids is 1. The molecule has 0 aliphatic rings. The first-order valence-corrected chi connectivity index (χ1v) is 10.5. The summed E-state index contributed by atoms with van der Waals surface area (Å²) < 4.78 is 58.8. The van der Waals surface area contributed by atoms with E-state index in [1.54, 1.807) is 25.1 Å². The Morgan fingerprint density at radius 3 is 2.66 bits per heavy atom. The molecule has 1 amide bonds. The third-order valence-electron chi connectivity index (χ3n) is 3.63. The summed E-state index contributed by atoms with van der Waals surface area (Å²) in [4.78, 5) is 11.8. The third kappa shape index (κ3) is 4.87. The molecule has 11 heteroatoms. The predicted molar refractivity (Wildman–Crippen MR) is 106 cm³/mol. The molecule has 0 spiro atoms. The van der Waals surface area contributed by atoms with E-state index in [0.717, 1.165) is 23.5 Å². The Labute approximate surface area is 169 Å². The first kappa shape index (κ1) is 20.7. The maximum absolute atomic E-state index is 13.7. The fourth-order valence-electron chi connectivity index (χ4n) is 2.32. The summed E-state index contributed by atoms with van der Waals surface area (Å²) in [6.45, 7) is 3.02. The van der Waals surface area contributed by atoms with Crippen LogP contribution in [0.2, 0.25) is 0 Å². The van der Waals surface area contributed by atoms with Crippen molar-refractivity contribution in [1.82, 2.24) is 5.16 Å². The molecule has 0 saturated carbocycles. The Bertz CT molecular complexity index is 1200. The average molecular weight is 439 g/mol. The van der Waals surface area contributed by atoms with Gasteiger partial charge in [-0.3, -0.25) is 9.52 Å². The number of nitrogens with zero attached hydrogens (tertiary/aromatic N) is 1. The molecular weight excluding hydrogens is 424 g/mol. The molecule has 3 rings (SSSR count). The summed E-state index contributed by atoms with van der Waals surface area (Å²) in [7, 11) is -4.05. The lowest BCUT2D eigenvalue weighted by Gasteiger charge is -2.07. The third-order valence-corrected chi connectivity index (χ3v) is 6.54. The molecule has 3 aromatic rings. The van der Waals surface area contributed by atoms with Gasteiger partial charge in [0.1, 0.15) is 27.2 Å². The van der Waals surface area contributed by atoms with Gasteiger partial charge in [0.25, 0.3) is 10.0 Å². The van der Waals surface area contributed by atoms with E-state index in [0.29, 0.717) is 28.1 Å². The highest BCUT2D eigenvalue weighted by atomic mass is 32.2. The smallest absolute Gasteiger partial charge is 0.271 e. The van der Waals surface area contributed by atoms with Crippen LogP contribution in [0.5, 0.6) is 0 Å². The maximum atomic E-state index is 13.7. The molecule has 1 aromatic carbocycles. The SMILES string of the molecule is CC(=O)Nc1c(C)noc1C=Cc1ccc(S(=O)(=O)Nc2ccc(F)cc2F)s1. The van der Waals surface area contributed by atoms with Crippen LogP contribution in [0, 0.1) is 18.6 Å². The van der Waals surface area contributed by atoms with E-state index in [-0.39, 0.29) is 15.8 Å². The van der Waals surface area contributed by atoms with Crippen LogP contribution < -0.4 is 10.0 Å². The van der Waals surface area contributed by atoms with Crippen LogP contribution in [0.25, 0.3) is 12.2 Å². The van der Waals surface area contributed by atoms with E-state index < -0.39 is 21.7 Å². The summed E-state index contributed by atoms with van der Waals surface area (Å²) in [5.74, 6) is -1.80. The lowest BCUT2D eigenvalue weighted by Crippen LogP contribution is -2.12. The molecule has 0 fully saturated rings. The lowest BCUT2D eigenvalue weighted by atomic mass is 10.2. The molecule has 0 radical (unpaired) electrons. The fraction of sp³-hybridized carbons (Fsp3) is 0.111. The Morgan fingerprint density at radius 2 is 1.97 bits per heavy atom. The number of amides is 1. The second kappa shape index (κ2) is 8.13. The molecule has 0 atom stereocenters. The van der Waals surface area contributed by atoms with E-state index in [2.05, 4.69) is 15.2 Å². The number of hydrogen-bond donors (Lipinski definition) is 2. The second-order valence-electron chi connectivity index (χ2n) is 5.91. The van der Waals surface area contributed by atoms with E-state index in [9.17, 15) is 22.0 Å². The van der Waals surface area contributed by atoms with Crippen LogP contribution in [-0.4, -0.2) is 19.5 Å². The first-order valence-electron chi connectivity index (χ1n) is 8.15. The van der Waals surface area contributed by atoms with Crippen LogP contribution in [0.3, 0.4) is 0 Å². The average Bonchev–Trinajstić information content (AvgIpc) is 3.24. The van der Waals surface area contributed by atoms with Gasteiger partial charge in [-0.05, 0) is 43.3 Å². The van der Waals surface area contributed by atoms with E-state index in [4.69, 9.17) is 4.52 Å². The van der Waals surface area contributed by atoms with E-state index in [1.807, 2.05) is 0 Å². The van der Waals surface area contributed by atoms with Crippen molar-refractivity contribution < 1.29 is 26.5 Å². The number of carbonyl (C=O) groups is 1. The number of anilines is 2. The first-order chi connectivity index (χ1) is 13.7. The second-order valence-corrected chi connectivity index (χ2v) is 8.93. The molecule has 0 saturated heterocycles.